The number of anilines is 1. The lowest BCUT2D eigenvalue weighted by Crippen LogP contribution is -2.23. The first-order chi connectivity index (χ1) is 13.5. The molecule has 0 aliphatic rings. The molecule has 0 unspecified atom stereocenters. The van der Waals surface area contributed by atoms with Crippen LogP contribution in [0, 0.1) is 0 Å². The molecule has 7 heteroatoms. The third kappa shape index (κ3) is 4.04. The third-order valence-electron chi connectivity index (χ3n) is 4.52. The molecule has 0 aliphatic carbocycles. The molecule has 0 fully saturated rings. The maximum Gasteiger partial charge on any atom is 0.281 e. The van der Waals surface area contributed by atoms with Crippen LogP contribution in [0.2, 0.25) is 0 Å². The molecule has 0 spiro atoms. The van der Waals surface area contributed by atoms with E-state index < -0.39 is 10.0 Å². The van der Waals surface area contributed by atoms with Crippen molar-refractivity contribution >= 4 is 15.8 Å². The Labute approximate surface area is 165 Å². The van der Waals surface area contributed by atoms with E-state index in [0.717, 1.165) is 6.42 Å². The van der Waals surface area contributed by atoms with Crippen LogP contribution in [0.1, 0.15) is 26.7 Å². The van der Waals surface area contributed by atoms with Gasteiger partial charge in [-0.15, -0.1) is 0 Å². The first-order valence-corrected chi connectivity index (χ1v) is 11.1. The minimum absolute atomic E-state index is 0.0200. The van der Waals surface area contributed by atoms with E-state index in [0.29, 0.717) is 35.6 Å². The minimum Gasteiger partial charge on any atom is -0.267 e. The van der Waals surface area contributed by atoms with Crippen LogP contribution in [-0.2, 0) is 16.6 Å². The lowest BCUT2D eigenvalue weighted by atomic mass is 10.1. The molecule has 0 bridgehead atoms. The van der Waals surface area contributed by atoms with Crippen LogP contribution in [-0.4, -0.2) is 23.5 Å². The van der Waals surface area contributed by atoms with Crippen LogP contribution in [0.5, 0.6) is 0 Å². The van der Waals surface area contributed by atoms with Crippen LogP contribution in [0.4, 0.5) is 5.82 Å². The van der Waals surface area contributed by atoms with Crippen molar-refractivity contribution < 1.29 is 8.42 Å². The normalized spacial score (nSPS) is 11.5. The first kappa shape index (κ1) is 19.9. The quantitative estimate of drug-likeness (QED) is 0.625. The zero-order chi connectivity index (χ0) is 20.1. The molecular formula is C21H25N3O3S. The second-order valence-electron chi connectivity index (χ2n) is 6.53. The molecule has 1 heterocycles. The van der Waals surface area contributed by atoms with E-state index >= 15 is 0 Å². The van der Waals surface area contributed by atoms with Crippen LogP contribution in [0.15, 0.2) is 65.5 Å². The number of sulfonamides is 1. The Bertz CT molecular complexity index is 1090. The minimum atomic E-state index is -3.57. The molecule has 0 amide bonds. The van der Waals surface area contributed by atoms with Gasteiger partial charge in [0, 0.05) is 6.54 Å². The third-order valence-corrected chi connectivity index (χ3v) is 5.85. The SMILES string of the molecule is CCCCS(=O)(=O)Nc1c(-c2ccccc2)c(=O)n(-c2ccccc2)n1CC. The fourth-order valence-corrected chi connectivity index (χ4v) is 4.45. The van der Waals surface area contributed by atoms with Gasteiger partial charge in [0.2, 0.25) is 10.0 Å². The lowest BCUT2D eigenvalue weighted by molar-refractivity contribution is 0.576. The highest BCUT2D eigenvalue weighted by molar-refractivity contribution is 7.92. The second-order valence-corrected chi connectivity index (χ2v) is 8.37. The fourth-order valence-electron chi connectivity index (χ4n) is 3.17. The average molecular weight is 400 g/mol. The summed E-state index contributed by atoms with van der Waals surface area (Å²) in [7, 11) is -3.57. The molecule has 1 aromatic heterocycles. The molecule has 3 rings (SSSR count). The van der Waals surface area contributed by atoms with Crippen LogP contribution in [0.3, 0.4) is 0 Å². The molecule has 3 aromatic rings. The van der Waals surface area contributed by atoms with Crippen molar-refractivity contribution in [2.75, 3.05) is 10.5 Å². The zero-order valence-corrected chi connectivity index (χ0v) is 16.9. The summed E-state index contributed by atoms with van der Waals surface area (Å²) in [5, 5.41) is 0. The van der Waals surface area contributed by atoms with E-state index in [9.17, 15) is 13.2 Å². The summed E-state index contributed by atoms with van der Waals surface area (Å²) in [5.41, 5.74) is 1.46. The standard InChI is InChI=1S/C21H25N3O3S/c1-3-5-16-28(26,27)22-20-19(17-12-8-6-9-13-17)21(25)24(23(20)4-2)18-14-10-7-11-15-18/h6-15,22H,3-5,16H2,1-2H3. The van der Waals surface area contributed by atoms with Gasteiger partial charge in [0.15, 0.2) is 0 Å². The molecule has 0 atom stereocenters. The van der Waals surface area contributed by atoms with Gasteiger partial charge in [-0.25, -0.2) is 13.1 Å². The number of rotatable bonds is 8. The average Bonchev–Trinajstić information content (AvgIpc) is 2.98. The highest BCUT2D eigenvalue weighted by atomic mass is 32.2. The Balaban J connectivity index is 2.26. The smallest absolute Gasteiger partial charge is 0.267 e. The van der Waals surface area contributed by atoms with E-state index in [2.05, 4.69) is 4.72 Å². The Morgan fingerprint density at radius 1 is 0.929 bits per heavy atom. The van der Waals surface area contributed by atoms with Crippen LogP contribution < -0.4 is 10.3 Å². The number of hydrogen-bond acceptors (Lipinski definition) is 3. The summed E-state index contributed by atoms with van der Waals surface area (Å²) >= 11 is 0. The Hall–Kier alpha value is -2.80. The van der Waals surface area contributed by atoms with Crippen molar-refractivity contribution in [3.63, 3.8) is 0 Å². The van der Waals surface area contributed by atoms with E-state index in [1.807, 2.05) is 74.5 Å². The van der Waals surface area contributed by atoms with Gasteiger partial charge < -0.3 is 0 Å². The molecule has 1 N–H and O–H groups in total. The summed E-state index contributed by atoms with van der Waals surface area (Å²) in [4.78, 5) is 13.4. The number of unbranched alkanes of at least 4 members (excludes halogenated alkanes) is 1. The number of hydrogen-bond donors (Lipinski definition) is 1. The van der Waals surface area contributed by atoms with Crippen molar-refractivity contribution in [2.24, 2.45) is 0 Å². The fraction of sp³-hybridized carbons (Fsp3) is 0.286. The molecule has 0 saturated carbocycles. The summed E-state index contributed by atoms with van der Waals surface area (Å²) in [5.74, 6) is 0.324. The number of benzene rings is 2. The Morgan fingerprint density at radius 2 is 1.54 bits per heavy atom. The number of aromatic nitrogens is 2. The van der Waals surface area contributed by atoms with Crippen molar-refractivity contribution in [1.29, 1.82) is 0 Å². The summed E-state index contributed by atoms with van der Waals surface area (Å²) in [6.07, 6.45) is 1.34. The number of nitrogens with zero attached hydrogens (tertiary/aromatic N) is 2. The predicted molar refractivity (Wildman–Crippen MR) is 113 cm³/mol. The van der Waals surface area contributed by atoms with Gasteiger partial charge in [-0.2, -0.15) is 0 Å². The lowest BCUT2D eigenvalue weighted by Gasteiger charge is -2.15. The van der Waals surface area contributed by atoms with Gasteiger partial charge in [-0.05, 0) is 31.0 Å². The van der Waals surface area contributed by atoms with Crippen molar-refractivity contribution in [2.45, 2.75) is 33.2 Å². The van der Waals surface area contributed by atoms with E-state index in [1.165, 1.54) is 4.68 Å². The van der Waals surface area contributed by atoms with E-state index in [-0.39, 0.29) is 11.3 Å². The van der Waals surface area contributed by atoms with Gasteiger partial charge in [-0.3, -0.25) is 14.2 Å². The molecular weight excluding hydrogens is 374 g/mol. The topological polar surface area (TPSA) is 73.1 Å². The van der Waals surface area contributed by atoms with Gasteiger partial charge in [0.1, 0.15) is 5.82 Å². The first-order valence-electron chi connectivity index (χ1n) is 9.45. The molecule has 6 nitrogen and oxygen atoms in total. The molecule has 0 saturated heterocycles. The Kier molecular flexibility index (Phi) is 6.04. The number of para-hydroxylation sites is 1. The van der Waals surface area contributed by atoms with Gasteiger partial charge >= 0.3 is 0 Å². The molecule has 148 valence electrons. The van der Waals surface area contributed by atoms with Crippen LogP contribution >= 0.6 is 0 Å². The molecule has 0 radical (unpaired) electrons. The summed E-state index contributed by atoms with van der Waals surface area (Å²) in [6.45, 7) is 4.26. The van der Waals surface area contributed by atoms with E-state index in [4.69, 9.17) is 0 Å². The monoisotopic (exact) mass is 399 g/mol. The highest BCUT2D eigenvalue weighted by Gasteiger charge is 2.24. The molecule has 2 aromatic carbocycles. The zero-order valence-electron chi connectivity index (χ0n) is 16.1. The largest absolute Gasteiger partial charge is 0.281 e. The van der Waals surface area contributed by atoms with Crippen molar-refractivity contribution in [1.82, 2.24) is 9.36 Å². The van der Waals surface area contributed by atoms with Crippen LogP contribution in [0.25, 0.3) is 16.8 Å². The maximum absolute atomic E-state index is 13.4. The van der Waals surface area contributed by atoms with Gasteiger partial charge in [-0.1, -0.05) is 61.9 Å². The molecule has 28 heavy (non-hydrogen) atoms. The van der Waals surface area contributed by atoms with Gasteiger partial charge in [0.05, 0.1) is 17.0 Å². The van der Waals surface area contributed by atoms with Crippen molar-refractivity contribution in [3.8, 4) is 16.8 Å². The second kappa shape index (κ2) is 8.48. The predicted octanol–water partition coefficient (Wildman–Crippen LogP) is 3.87. The number of nitrogens with one attached hydrogen (secondary N) is 1. The highest BCUT2D eigenvalue weighted by Crippen LogP contribution is 2.28. The molecule has 0 aliphatic heterocycles. The summed E-state index contributed by atoms with van der Waals surface area (Å²) < 4.78 is 31.2. The van der Waals surface area contributed by atoms with Gasteiger partial charge in [0.25, 0.3) is 5.56 Å². The van der Waals surface area contributed by atoms with E-state index in [1.54, 1.807) is 4.68 Å². The summed E-state index contributed by atoms with van der Waals surface area (Å²) in [6, 6.07) is 18.4. The Morgan fingerprint density at radius 3 is 2.11 bits per heavy atom. The van der Waals surface area contributed by atoms with Crippen molar-refractivity contribution in [3.05, 3.63) is 71.0 Å². The maximum atomic E-state index is 13.4.